The molecule has 0 radical (unpaired) electrons. The van der Waals surface area contributed by atoms with Crippen LogP contribution >= 0.6 is 0 Å². The Morgan fingerprint density at radius 1 is 0.842 bits per heavy atom. The van der Waals surface area contributed by atoms with E-state index in [0.29, 0.717) is 21.0 Å². The van der Waals surface area contributed by atoms with Gasteiger partial charge in [0.15, 0.2) is 0 Å². The fraction of sp³-hybridized carbons (Fsp3) is 0.647. The van der Waals surface area contributed by atoms with E-state index in [4.69, 9.17) is 0 Å². The molecule has 1 aromatic rings. The summed E-state index contributed by atoms with van der Waals surface area (Å²) in [6.45, 7) is 14.9. The molecule has 0 unspecified atom stereocenters. The summed E-state index contributed by atoms with van der Waals surface area (Å²) in [6, 6.07) is 4.18. The topological polar surface area (TPSA) is 20.2 Å². The normalized spacial score (nSPS) is 11.6. The van der Waals surface area contributed by atoms with Crippen molar-refractivity contribution in [1.29, 1.82) is 0 Å². The monoisotopic (exact) mass is 278 g/mol. The van der Waals surface area contributed by atoms with E-state index in [1.165, 1.54) is 5.56 Å². The largest absolute Gasteiger partial charge is 0.507 e. The molecule has 0 aliphatic rings. The lowest BCUT2D eigenvalue weighted by Gasteiger charge is -2.27. The molecule has 0 amide bonds. The molecule has 1 N–H and O–H groups in total. The van der Waals surface area contributed by atoms with Gasteiger partial charge in [-0.15, -0.1) is 11.6 Å². The van der Waals surface area contributed by atoms with Crippen molar-refractivity contribution in [2.45, 2.75) is 70.9 Å². The van der Waals surface area contributed by atoms with E-state index in [2.05, 4.69) is 72.2 Å². The summed E-state index contributed by atoms with van der Waals surface area (Å²) in [7, 11) is 0. The highest BCUT2D eigenvalue weighted by atomic mass is 27.1. The predicted octanol–water partition coefficient (Wildman–Crippen LogP) is 4.81. The molecular weight excluding hydrogens is 247 g/mol. The van der Waals surface area contributed by atoms with Crippen LogP contribution in [0.3, 0.4) is 0 Å². The zero-order chi connectivity index (χ0) is 15.4. The first kappa shape index (κ1) is 18.6. The second-order valence-corrected chi connectivity index (χ2v) is 8.83. The van der Waals surface area contributed by atoms with Gasteiger partial charge in [-0.3, -0.25) is 0 Å². The molecule has 0 spiro atoms. The molecule has 19 heavy (non-hydrogen) atoms. The highest BCUT2D eigenvalue weighted by molar-refractivity contribution is 6.31. The number of phenols is 1. The Morgan fingerprint density at radius 2 is 1.11 bits per heavy atom. The molecule has 0 fully saturated rings. The molecule has 2 heteroatoms. The standard InChI is InChI=1S/C15H24O.2CH3.Al.H/c1-10-8-11(14(2,3)4)13(16)12(9-10)15(5,6)7;;;;/h8-9,16H,1-7H3;2*1H3;;. The average molecular weight is 278 g/mol. The van der Waals surface area contributed by atoms with Crippen molar-refractivity contribution in [3.05, 3.63) is 28.8 Å². The molecule has 0 aliphatic heterocycles. The minimum absolute atomic E-state index is 0.0178. The molecule has 0 aliphatic carbocycles. The summed E-state index contributed by atoms with van der Waals surface area (Å²) in [4.78, 5) is 0. The van der Waals surface area contributed by atoms with Crippen LogP contribution in [0.15, 0.2) is 12.1 Å². The van der Waals surface area contributed by atoms with E-state index in [-0.39, 0.29) is 10.8 Å². The third-order valence-corrected chi connectivity index (χ3v) is 2.87. The Labute approximate surface area is 126 Å². The second kappa shape index (κ2) is 6.82. The van der Waals surface area contributed by atoms with Gasteiger partial charge >= 0.3 is 0 Å². The van der Waals surface area contributed by atoms with Gasteiger partial charge in [-0.2, -0.15) is 0 Å². The first-order chi connectivity index (χ1) is 8.45. The van der Waals surface area contributed by atoms with Crippen LogP contribution in [0.2, 0.25) is 11.6 Å². The van der Waals surface area contributed by atoms with Crippen molar-refractivity contribution in [3.63, 3.8) is 0 Å². The summed E-state index contributed by atoms with van der Waals surface area (Å²) < 4.78 is 0. The SMILES string of the molecule is Cc1cc(C(C)(C)C)c(O)c(C(C)(C)C)c1.[CH3][AlH][CH3]. The van der Waals surface area contributed by atoms with Crippen molar-refractivity contribution in [2.75, 3.05) is 0 Å². The van der Waals surface area contributed by atoms with Gasteiger partial charge in [0.25, 0.3) is 0 Å². The Morgan fingerprint density at radius 3 is 1.32 bits per heavy atom. The first-order valence-corrected chi connectivity index (χ1v) is 10.1. The van der Waals surface area contributed by atoms with Crippen LogP contribution in [0.25, 0.3) is 0 Å². The van der Waals surface area contributed by atoms with Gasteiger partial charge in [0, 0.05) is 0 Å². The zero-order valence-corrected chi connectivity index (χ0v) is 15.7. The molecule has 0 saturated heterocycles. The van der Waals surface area contributed by atoms with Gasteiger partial charge in [0.05, 0.1) is 0 Å². The average Bonchev–Trinajstić information content (AvgIpc) is 2.19. The summed E-state index contributed by atoms with van der Waals surface area (Å²) >= 11 is 0.417. The summed E-state index contributed by atoms with van der Waals surface area (Å²) in [5.74, 6) is 4.99. The van der Waals surface area contributed by atoms with Gasteiger partial charge in [-0.1, -0.05) is 59.2 Å². The lowest BCUT2D eigenvalue weighted by Crippen LogP contribution is -2.17. The van der Waals surface area contributed by atoms with Crippen molar-refractivity contribution in [3.8, 4) is 5.75 Å². The van der Waals surface area contributed by atoms with E-state index in [9.17, 15) is 5.11 Å². The summed E-state index contributed by atoms with van der Waals surface area (Å²) in [5, 5.41) is 10.4. The van der Waals surface area contributed by atoms with Crippen LogP contribution in [0, 0.1) is 6.92 Å². The molecule has 1 rings (SSSR count). The molecule has 1 nitrogen and oxygen atoms in total. The fourth-order valence-corrected chi connectivity index (χ4v) is 1.92. The van der Waals surface area contributed by atoms with Crippen LogP contribution < -0.4 is 0 Å². The number of phenolic OH excluding ortho intramolecular Hbond substituents is 1. The molecule has 0 aromatic heterocycles. The van der Waals surface area contributed by atoms with E-state index >= 15 is 0 Å². The summed E-state index contributed by atoms with van der Waals surface area (Å²) in [6.07, 6.45) is 0. The Balaban J connectivity index is 0.000000982. The first-order valence-electron chi connectivity index (χ1n) is 7.29. The third-order valence-electron chi connectivity index (χ3n) is 2.87. The minimum Gasteiger partial charge on any atom is -0.507 e. The quantitative estimate of drug-likeness (QED) is 0.675. The summed E-state index contributed by atoms with van der Waals surface area (Å²) in [5.41, 5.74) is 3.26. The number of aryl methyl sites for hydroxylation is 1. The van der Waals surface area contributed by atoms with Crippen LogP contribution in [0.4, 0.5) is 0 Å². The number of rotatable bonds is 0. The number of hydrogen-bond donors (Lipinski definition) is 1. The van der Waals surface area contributed by atoms with Crippen molar-refractivity contribution in [1.82, 2.24) is 0 Å². The highest BCUT2D eigenvalue weighted by Gasteiger charge is 2.25. The van der Waals surface area contributed by atoms with E-state index < -0.39 is 0 Å². The lowest BCUT2D eigenvalue weighted by atomic mass is 9.78. The van der Waals surface area contributed by atoms with Gasteiger partial charge in [0.1, 0.15) is 5.75 Å². The number of aromatic hydroxyl groups is 1. The highest BCUT2D eigenvalue weighted by Crippen LogP contribution is 2.39. The molecule has 0 atom stereocenters. The van der Waals surface area contributed by atoms with Crippen LogP contribution in [-0.2, 0) is 10.8 Å². The van der Waals surface area contributed by atoms with Crippen molar-refractivity contribution in [2.24, 2.45) is 0 Å². The Bertz CT molecular complexity index is 373. The molecule has 108 valence electrons. The van der Waals surface area contributed by atoms with E-state index in [1.54, 1.807) is 0 Å². The predicted molar refractivity (Wildman–Crippen MR) is 89.1 cm³/mol. The van der Waals surface area contributed by atoms with Crippen LogP contribution in [-0.4, -0.2) is 20.3 Å². The van der Waals surface area contributed by atoms with Gasteiger partial charge in [-0.25, -0.2) is 0 Å². The minimum atomic E-state index is -0.0178. The van der Waals surface area contributed by atoms with Gasteiger partial charge in [0.2, 0.25) is 15.2 Å². The van der Waals surface area contributed by atoms with Crippen LogP contribution in [0.1, 0.15) is 58.2 Å². The number of benzene rings is 1. The van der Waals surface area contributed by atoms with Gasteiger partial charge in [-0.05, 0) is 28.9 Å². The van der Waals surface area contributed by atoms with Crippen molar-refractivity contribution < 1.29 is 5.11 Å². The molecule has 0 saturated carbocycles. The van der Waals surface area contributed by atoms with Crippen molar-refractivity contribution >= 4 is 15.2 Å². The van der Waals surface area contributed by atoms with Crippen LogP contribution in [0.5, 0.6) is 5.75 Å². The fourth-order valence-electron chi connectivity index (χ4n) is 1.92. The maximum Gasteiger partial charge on any atom is 0.229 e. The van der Waals surface area contributed by atoms with E-state index in [1.807, 2.05) is 0 Å². The molecule has 0 heterocycles. The third kappa shape index (κ3) is 5.59. The maximum atomic E-state index is 10.4. The lowest BCUT2D eigenvalue weighted by molar-refractivity contribution is 0.423. The number of hydrogen-bond acceptors (Lipinski definition) is 1. The van der Waals surface area contributed by atoms with Gasteiger partial charge < -0.3 is 5.11 Å². The smallest absolute Gasteiger partial charge is 0.229 e. The Kier molecular flexibility index (Phi) is 6.66. The Hall–Kier alpha value is -0.448. The molecule has 0 bridgehead atoms. The zero-order valence-electron chi connectivity index (χ0n) is 14.3. The molecular formula is C17H31AlO. The molecule has 1 aromatic carbocycles. The maximum absolute atomic E-state index is 10.4. The second-order valence-electron chi connectivity index (χ2n) is 7.42. The van der Waals surface area contributed by atoms with E-state index in [0.717, 1.165) is 11.1 Å².